The Bertz CT molecular complexity index is 759. The largest absolute Gasteiger partial charge is 0.472 e. The molecule has 0 spiro atoms. The maximum Gasteiger partial charge on any atom is 0.472 e. The Hall–Kier alpha value is -1.28. The van der Waals surface area contributed by atoms with Gasteiger partial charge in [0.05, 0.1) is 25.4 Å². The molecule has 246 valence electrons. The molecule has 1 amide bonds. The Labute approximate surface area is 257 Å². The van der Waals surface area contributed by atoms with E-state index in [1.54, 1.807) is 6.08 Å². The molecule has 3 unspecified atom stereocenters. The highest BCUT2D eigenvalue weighted by atomic mass is 31.2. The van der Waals surface area contributed by atoms with E-state index in [0.717, 1.165) is 64.2 Å². The van der Waals surface area contributed by atoms with Crippen LogP contribution in [0.4, 0.5) is 0 Å². The van der Waals surface area contributed by atoms with Gasteiger partial charge in [0.1, 0.15) is 0 Å². The number of aliphatic hydroxyl groups is 1. The van der Waals surface area contributed by atoms with Crippen LogP contribution in [0.25, 0.3) is 0 Å². The maximum absolute atomic E-state index is 12.6. The number of carbonyl (C=O) groups is 1. The van der Waals surface area contributed by atoms with Gasteiger partial charge in [-0.05, 0) is 44.9 Å². The van der Waals surface area contributed by atoms with Crippen molar-refractivity contribution < 1.29 is 28.4 Å². The lowest BCUT2D eigenvalue weighted by Gasteiger charge is -2.23. The van der Waals surface area contributed by atoms with Crippen LogP contribution in [0.5, 0.6) is 0 Å². The highest BCUT2D eigenvalue weighted by molar-refractivity contribution is 7.47. The SMILES string of the molecule is CCCC/C=C\C/C=C\CCCCCCCC(=O)NC(COP(=O)(O)OCCN)C(O)/C=C/CCCCCCCCC. The van der Waals surface area contributed by atoms with Crippen LogP contribution in [0.2, 0.25) is 0 Å². The van der Waals surface area contributed by atoms with Crippen molar-refractivity contribution in [3.8, 4) is 0 Å². The van der Waals surface area contributed by atoms with Gasteiger partial charge >= 0.3 is 7.82 Å². The standard InChI is InChI=1S/C33H63N2O6P/c1-3-5-7-9-11-13-14-15-16-17-19-21-23-25-27-33(37)35-31(30-41-42(38,39)40-29-28-34)32(36)26-24-22-20-18-12-10-8-6-4-2/h9,11,14-15,24,26,31-32,36H,3-8,10,12-13,16-23,25,27-30,34H2,1-2H3,(H,35,37)(H,38,39)/b11-9-,15-14-,26-24+. The van der Waals surface area contributed by atoms with Crippen LogP contribution in [0, 0.1) is 0 Å². The lowest BCUT2D eigenvalue weighted by molar-refractivity contribution is -0.123. The number of hydrogen-bond donors (Lipinski definition) is 4. The Morgan fingerprint density at radius 1 is 0.786 bits per heavy atom. The number of phosphoric ester groups is 1. The first-order chi connectivity index (χ1) is 20.4. The van der Waals surface area contributed by atoms with Gasteiger partial charge in [-0.1, -0.05) is 121 Å². The van der Waals surface area contributed by atoms with Crippen molar-refractivity contribution in [1.29, 1.82) is 0 Å². The summed E-state index contributed by atoms with van der Waals surface area (Å²) in [5, 5.41) is 13.5. The lowest BCUT2D eigenvalue weighted by atomic mass is 10.1. The van der Waals surface area contributed by atoms with Gasteiger partial charge in [-0.3, -0.25) is 13.8 Å². The molecular formula is C33H63N2O6P. The molecule has 0 aromatic rings. The zero-order chi connectivity index (χ0) is 31.2. The number of rotatable bonds is 30. The van der Waals surface area contributed by atoms with Gasteiger partial charge in [0.2, 0.25) is 5.91 Å². The van der Waals surface area contributed by atoms with Gasteiger partial charge in [-0.15, -0.1) is 0 Å². The summed E-state index contributed by atoms with van der Waals surface area (Å²) in [7, 11) is -4.33. The Morgan fingerprint density at radius 2 is 1.33 bits per heavy atom. The third-order valence-corrected chi connectivity index (χ3v) is 7.94. The second-order valence-corrected chi connectivity index (χ2v) is 12.5. The number of unbranched alkanes of at least 4 members (excludes halogenated alkanes) is 14. The summed E-state index contributed by atoms with van der Waals surface area (Å²) in [6, 6.07) is -0.863. The number of amides is 1. The van der Waals surface area contributed by atoms with Crippen molar-refractivity contribution in [3.05, 3.63) is 36.5 Å². The number of nitrogens with one attached hydrogen (secondary N) is 1. The topological polar surface area (TPSA) is 131 Å². The average molecular weight is 615 g/mol. The highest BCUT2D eigenvalue weighted by Crippen LogP contribution is 2.43. The first-order valence-corrected chi connectivity index (χ1v) is 18.1. The van der Waals surface area contributed by atoms with E-state index in [4.69, 9.17) is 14.8 Å². The molecule has 0 radical (unpaired) electrons. The van der Waals surface area contributed by atoms with Gasteiger partial charge in [0, 0.05) is 13.0 Å². The Kier molecular flexibility index (Phi) is 28.9. The van der Waals surface area contributed by atoms with Crippen molar-refractivity contribution in [3.63, 3.8) is 0 Å². The molecule has 0 bridgehead atoms. The summed E-state index contributed by atoms with van der Waals surface area (Å²) < 4.78 is 21.9. The minimum atomic E-state index is -4.33. The highest BCUT2D eigenvalue weighted by Gasteiger charge is 2.26. The van der Waals surface area contributed by atoms with Gasteiger partial charge in [-0.2, -0.15) is 0 Å². The lowest BCUT2D eigenvalue weighted by Crippen LogP contribution is -2.45. The van der Waals surface area contributed by atoms with Crippen molar-refractivity contribution in [1.82, 2.24) is 5.32 Å². The minimum Gasteiger partial charge on any atom is -0.387 e. The van der Waals surface area contributed by atoms with Crippen LogP contribution in [-0.2, 0) is 18.4 Å². The second-order valence-electron chi connectivity index (χ2n) is 11.0. The molecule has 0 heterocycles. The molecule has 0 aromatic heterocycles. The first-order valence-electron chi connectivity index (χ1n) is 16.6. The number of aliphatic hydroxyl groups excluding tert-OH is 1. The summed E-state index contributed by atoms with van der Waals surface area (Å²) in [6.45, 7) is 4.01. The average Bonchev–Trinajstić information content (AvgIpc) is 2.97. The summed E-state index contributed by atoms with van der Waals surface area (Å²) in [6.07, 6.45) is 31.9. The normalized spacial score (nSPS) is 15.1. The fourth-order valence-electron chi connectivity index (χ4n) is 4.38. The van der Waals surface area contributed by atoms with E-state index in [-0.39, 0.29) is 25.7 Å². The maximum atomic E-state index is 12.6. The van der Waals surface area contributed by atoms with Crippen LogP contribution in [-0.4, -0.2) is 47.8 Å². The van der Waals surface area contributed by atoms with Crippen LogP contribution in [0.3, 0.4) is 0 Å². The molecule has 0 saturated heterocycles. The zero-order valence-electron chi connectivity index (χ0n) is 26.7. The van der Waals surface area contributed by atoms with E-state index < -0.39 is 20.0 Å². The van der Waals surface area contributed by atoms with Crippen LogP contribution in [0.1, 0.15) is 136 Å². The predicted octanol–water partition coefficient (Wildman–Crippen LogP) is 8.04. The Morgan fingerprint density at radius 3 is 1.95 bits per heavy atom. The fraction of sp³-hybridized carbons (Fsp3) is 0.788. The molecule has 42 heavy (non-hydrogen) atoms. The van der Waals surface area contributed by atoms with E-state index in [0.29, 0.717) is 6.42 Å². The van der Waals surface area contributed by atoms with Gasteiger partial charge in [0.25, 0.3) is 0 Å². The molecule has 0 aromatic carbocycles. The van der Waals surface area contributed by atoms with Crippen molar-refractivity contribution in [2.24, 2.45) is 5.73 Å². The zero-order valence-corrected chi connectivity index (χ0v) is 27.6. The predicted molar refractivity (Wildman–Crippen MR) is 175 cm³/mol. The molecule has 0 fully saturated rings. The molecule has 5 N–H and O–H groups in total. The molecule has 0 saturated carbocycles. The Balaban J connectivity index is 4.41. The minimum absolute atomic E-state index is 0.0749. The van der Waals surface area contributed by atoms with Crippen molar-refractivity contribution in [2.45, 2.75) is 148 Å². The number of allylic oxidation sites excluding steroid dienone is 5. The molecule has 0 aliphatic heterocycles. The summed E-state index contributed by atoms with van der Waals surface area (Å²) in [5.74, 6) is -0.214. The molecule has 0 aliphatic rings. The third kappa shape index (κ3) is 27.5. The van der Waals surface area contributed by atoms with Gasteiger partial charge in [-0.25, -0.2) is 4.57 Å². The van der Waals surface area contributed by atoms with Crippen molar-refractivity contribution >= 4 is 13.7 Å². The van der Waals surface area contributed by atoms with E-state index in [1.807, 2.05) is 6.08 Å². The van der Waals surface area contributed by atoms with Crippen molar-refractivity contribution in [2.75, 3.05) is 19.8 Å². The quantitative estimate of drug-likeness (QED) is 0.0366. The molecule has 0 rings (SSSR count). The first kappa shape index (κ1) is 40.7. The van der Waals surface area contributed by atoms with Gasteiger partial charge in [0.15, 0.2) is 0 Å². The summed E-state index contributed by atoms with van der Waals surface area (Å²) in [5.41, 5.74) is 5.33. The third-order valence-electron chi connectivity index (χ3n) is 6.96. The summed E-state index contributed by atoms with van der Waals surface area (Å²) >= 11 is 0. The summed E-state index contributed by atoms with van der Waals surface area (Å²) in [4.78, 5) is 22.4. The number of nitrogens with two attached hydrogens (primary N) is 1. The molecule has 3 atom stereocenters. The van der Waals surface area contributed by atoms with Crippen LogP contribution in [0.15, 0.2) is 36.5 Å². The molecule has 0 aliphatic carbocycles. The van der Waals surface area contributed by atoms with E-state index in [9.17, 15) is 19.4 Å². The van der Waals surface area contributed by atoms with E-state index in [2.05, 4.69) is 43.5 Å². The number of carbonyl (C=O) groups excluding carboxylic acids is 1. The second kappa shape index (κ2) is 29.8. The smallest absolute Gasteiger partial charge is 0.387 e. The fourth-order valence-corrected chi connectivity index (χ4v) is 5.14. The van der Waals surface area contributed by atoms with Crippen LogP contribution < -0.4 is 11.1 Å². The number of phosphoric acid groups is 1. The van der Waals surface area contributed by atoms with E-state index in [1.165, 1.54) is 51.4 Å². The van der Waals surface area contributed by atoms with Gasteiger partial charge < -0.3 is 21.1 Å². The molecular weight excluding hydrogens is 551 g/mol. The number of hydrogen-bond acceptors (Lipinski definition) is 6. The molecule has 9 heteroatoms. The monoisotopic (exact) mass is 614 g/mol. The molecule has 8 nitrogen and oxygen atoms in total. The van der Waals surface area contributed by atoms with E-state index >= 15 is 0 Å². The van der Waals surface area contributed by atoms with Crippen LogP contribution >= 0.6 is 7.82 Å².